The van der Waals surface area contributed by atoms with Crippen LogP contribution in [0.1, 0.15) is 17.0 Å². The maximum Gasteiger partial charge on any atom is 0.266 e. The second kappa shape index (κ2) is 8.07. The number of rotatable bonds is 5. The van der Waals surface area contributed by atoms with E-state index in [2.05, 4.69) is 28.4 Å². The Kier molecular flexibility index (Phi) is 5.09. The molecule has 4 aromatic rings. The Balaban J connectivity index is 1.24. The van der Waals surface area contributed by atoms with Crippen molar-refractivity contribution in [2.75, 3.05) is 13.1 Å². The smallest absolute Gasteiger partial charge is 0.266 e. The molecule has 162 valence electrons. The summed E-state index contributed by atoms with van der Waals surface area (Å²) >= 11 is 0. The van der Waals surface area contributed by atoms with Crippen LogP contribution in [0.3, 0.4) is 0 Å². The van der Waals surface area contributed by atoms with Crippen LogP contribution in [-0.2, 0) is 17.8 Å². The van der Waals surface area contributed by atoms with Crippen molar-refractivity contribution in [2.24, 2.45) is 5.92 Å². The minimum atomic E-state index is -0.143. The van der Waals surface area contributed by atoms with Crippen molar-refractivity contribution in [2.45, 2.75) is 26.8 Å². The molecule has 0 spiro atoms. The number of amides is 1. The van der Waals surface area contributed by atoms with Crippen molar-refractivity contribution in [1.82, 2.24) is 24.5 Å². The molecule has 0 bridgehead atoms. The van der Waals surface area contributed by atoms with Gasteiger partial charge in [-0.3, -0.25) is 9.59 Å². The number of aromatic nitrogens is 4. The SMILES string of the molecule is Cc1cc(C)n(-c2ccc(=O)n(CC3CN(C(=O)Cc4cccc5ccccc45)C3)n2)n1. The van der Waals surface area contributed by atoms with E-state index in [1.807, 2.05) is 49.1 Å². The highest BCUT2D eigenvalue weighted by Crippen LogP contribution is 2.22. The first-order valence-corrected chi connectivity index (χ1v) is 10.8. The summed E-state index contributed by atoms with van der Waals surface area (Å²) in [7, 11) is 0. The Hall–Kier alpha value is -3.74. The first-order valence-electron chi connectivity index (χ1n) is 10.8. The van der Waals surface area contributed by atoms with Crippen molar-refractivity contribution in [3.8, 4) is 5.82 Å². The maximum atomic E-state index is 12.8. The normalized spacial score (nSPS) is 14.0. The van der Waals surface area contributed by atoms with Gasteiger partial charge in [0.25, 0.3) is 5.56 Å². The zero-order valence-electron chi connectivity index (χ0n) is 18.2. The van der Waals surface area contributed by atoms with Gasteiger partial charge in [-0.05, 0) is 42.3 Å². The van der Waals surface area contributed by atoms with Crippen LogP contribution >= 0.6 is 0 Å². The maximum absolute atomic E-state index is 12.8. The summed E-state index contributed by atoms with van der Waals surface area (Å²) in [5.41, 5.74) is 2.78. The van der Waals surface area contributed by atoms with E-state index in [1.165, 1.54) is 10.7 Å². The minimum absolute atomic E-state index is 0.120. The molecule has 3 heterocycles. The second-order valence-corrected chi connectivity index (χ2v) is 8.53. The van der Waals surface area contributed by atoms with Crippen molar-refractivity contribution in [3.05, 3.63) is 88.0 Å². The lowest BCUT2D eigenvalue weighted by Gasteiger charge is -2.39. The van der Waals surface area contributed by atoms with Crippen molar-refractivity contribution < 1.29 is 4.79 Å². The predicted molar refractivity (Wildman–Crippen MR) is 123 cm³/mol. The van der Waals surface area contributed by atoms with Crippen molar-refractivity contribution in [1.29, 1.82) is 0 Å². The van der Waals surface area contributed by atoms with Gasteiger partial charge in [0.05, 0.1) is 18.7 Å². The summed E-state index contributed by atoms with van der Waals surface area (Å²) in [6, 6.07) is 19.4. The fraction of sp³-hybridized carbons (Fsp3) is 0.280. The Morgan fingerprint density at radius 2 is 1.78 bits per heavy atom. The summed E-state index contributed by atoms with van der Waals surface area (Å²) in [4.78, 5) is 27.0. The highest BCUT2D eigenvalue weighted by Gasteiger charge is 2.31. The number of carbonyl (C=O) groups is 1. The number of aryl methyl sites for hydroxylation is 2. The van der Waals surface area contributed by atoms with E-state index in [9.17, 15) is 9.59 Å². The molecule has 5 rings (SSSR count). The number of carbonyl (C=O) groups excluding carboxylic acids is 1. The standard InChI is InChI=1S/C25H25N5O2/c1-17-12-18(2)30(26-17)23-10-11-24(31)29(27-23)16-19-14-28(15-19)25(32)13-21-8-5-7-20-6-3-4-9-22(20)21/h3-12,19H,13-16H2,1-2H3. The summed E-state index contributed by atoms with van der Waals surface area (Å²) in [5, 5.41) is 11.2. The Bertz CT molecular complexity index is 1360. The summed E-state index contributed by atoms with van der Waals surface area (Å²) in [6.07, 6.45) is 0.389. The summed E-state index contributed by atoms with van der Waals surface area (Å²) in [6.45, 7) is 5.66. The summed E-state index contributed by atoms with van der Waals surface area (Å²) < 4.78 is 3.23. The van der Waals surface area contributed by atoms with Crippen LogP contribution in [0.2, 0.25) is 0 Å². The van der Waals surface area contributed by atoms with E-state index in [0.717, 1.165) is 27.7 Å². The van der Waals surface area contributed by atoms with Gasteiger partial charge in [0.15, 0.2) is 5.82 Å². The van der Waals surface area contributed by atoms with Gasteiger partial charge < -0.3 is 4.90 Å². The molecule has 0 unspecified atom stereocenters. The van der Waals surface area contributed by atoms with Gasteiger partial charge in [0.2, 0.25) is 5.91 Å². The van der Waals surface area contributed by atoms with Gasteiger partial charge in [0.1, 0.15) is 0 Å². The Labute approximate surface area is 185 Å². The molecule has 1 aliphatic heterocycles. The van der Waals surface area contributed by atoms with Crippen molar-refractivity contribution >= 4 is 16.7 Å². The molecule has 1 aliphatic rings. The van der Waals surface area contributed by atoms with E-state index >= 15 is 0 Å². The molecule has 2 aromatic heterocycles. The van der Waals surface area contributed by atoms with Gasteiger partial charge in [0, 0.05) is 30.8 Å². The molecule has 32 heavy (non-hydrogen) atoms. The van der Waals surface area contributed by atoms with Crippen LogP contribution < -0.4 is 5.56 Å². The number of hydrogen-bond donors (Lipinski definition) is 0. The number of hydrogen-bond acceptors (Lipinski definition) is 4. The predicted octanol–water partition coefficient (Wildman–Crippen LogP) is 2.90. The van der Waals surface area contributed by atoms with Crippen LogP contribution in [0, 0.1) is 19.8 Å². The zero-order chi connectivity index (χ0) is 22.2. The molecule has 0 aliphatic carbocycles. The fourth-order valence-corrected chi connectivity index (χ4v) is 4.40. The quantitative estimate of drug-likeness (QED) is 0.491. The molecule has 7 nitrogen and oxygen atoms in total. The lowest BCUT2D eigenvalue weighted by atomic mass is 9.97. The summed E-state index contributed by atoms with van der Waals surface area (Å²) in [5.74, 6) is 0.958. The van der Waals surface area contributed by atoms with Gasteiger partial charge in [-0.15, -0.1) is 5.10 Å². The number of likely N-dealkylation sites (tertiary alicyclic amines) is 1. The average molecular weight is 428 g/mol. The molecular formula is C25H25N5O2. The van der Waals surface area contributed by atoms with E-state index < -0.39 is 0 Å². The third kappa shape index (κ3) is 3.82. The van der Waals surface area contributed by atoms with Gasteiger partial charge in [-0.2, -0.15) is 5.10 Å². The zero-order valence-corrected chi connectivity index (χ0v) is 18.2. The average Bonchev–Trinajstić information content (AvgIpc) is 3.09. The molecule has 1 fully saturated rings. The molecule has 2 aromatic carbocycles. The van der Waals surface area contributed by atoms with Crippen LogP contribution in [0.15, 0.2) is 65.5 Å². The molecular weight excluding hydrogens is 402 g/mol. The fourth-order valence-electron chi connectivity index (χ4n) is 4.40. The van der Waals surface area contributed by atoms with Crippen LogP contribution in [0.4, 0.5) is 0 Å². The highest BCUT2D eigenvalue weighted by molar-refractivity contribution is 5.90. The number of nitrogens with zero attached hydrogens (tertiary/aromatic N) is 5. The molecule has 7 heteroatoms. The molecule has 1 saturated heterocycles. The van der Waals surface area contributed by atoms with Crippen LogP contribution in [0.25, 0.3) is 16.6 Å². The highest BCUT2D eigenvalue weighted by atomic mass is 16.2. The topological polar surface area (TPSA) is 73.0 Å². The van der Waals surface area contributed by atoms with E-state index in [-0.39, 0.29) is 17.4 Å². The van der Waals surface area contributed by atoms with E-state index in [0.29, 0.717) is 31.9 Å². The first-order chi connectivity index (χ1) is 15.5. The van der Waals surface area contributed by atoms with Crippen LogP contribution in [0.5, 0.6) is 0 Å². The van der Waals surface area contributed by atoms with Gasteiger partial charge >= 0.3 is 0 Å². The monoisotopic (exact) mass is 427 g/mol. The third-order valence-electron chi connectivity index (χ3n) is 6.04. The molecule has 0 atom stereocenters. The molecule has 0 N–H and O–H groups in total. The van der Waals surface area contributed by atoms with Gasteiger partial charge in [-0.1, -0.05) is 42.5 Å². The van der Waals surface area contributed by atoms with Crippen molar-refractivity contribution in [3.63, 3.8) is 0 Å². The molecule has 0 radical (unpaired) electrons. The lowest BCUT2D eigenvalue weighted by Crippen LogP contribution is -2.52. The molecule has 0 saturated carbocycles. The third-order valence-corrected chi connectivity index (χ3v) is 6.04. The number of benzene rings is 2. The number of fused-ring (bicyclic) bond motifs is 1. The molecule has 1 amide bonds. The second-order valence-electron chi connectivity index (χ2n) is 8.53. The first kappa shape index (κ1) is 20.2. The Morgan fingerprint density at radius 3 is 2.56 bits per heavy atom. The Morgan fingerprint density at radius 1 is 1.00 bits per heavy atom. The largest absolute Gasteiger partial charge is 0.342 e. The van der Waals surface area contributed by atoms with Crippen LogP contribution in [-0.4, -0.2) is 43.5 Å². The van der Waals surface area contributed by atoms with E-state index in [4.69, 9.17) is 0 Å². The minimum Gasteiger partial charge on any atom is -0.342 e. The lowest BCUT2D eigenvalue weighted by molar-refractivity contribution is -0.137. The van der Waals surface area contributed by atoms with E-state index in [1.54, 1.807) is 10.7 Å². The van der Waals surface area contributed by atoms with Gasteiger partial charge in [-0.25, -0.2) is 9.36 Å².